The zero-order valence-corrected chi connectivity index (χ0v) is 15.5. The van der Waals surface area contributed by atoms with Crippen molar-refractivity contribution >= 4 is 11.8 Å². The number of hydrogen-bond donors (Lipinski definition) is 1. The van der Waals surface area contributed by atoms with Crippen LogP contribution in [0.2, 0.25) is 0 Å². The van der Waals surface area contributed by atoms with Crippen LogP contribution >= 0.6 is 0 Å². The van der Waals surface area contributed by atoms with Crippen molar-refractivity contribution in [1.29, 1.82) is 0 Å². The molecule has 0 unspecified atom stereocenters. The molecule has 0 saturated carbocycles. The molecule has 0 spiro atoms. The van der Waals surface area contributed by atoms with E-state index in [-0.39, 0.29) is 23.6 Å². The van der Waals surface area contributed by atoms with E-state index in [9.17, 15) is 14.0 Å². The van der Waals surface area contributed by atoms with Gasteiger partial charge in [-0.3, -0.25) is 9.59 Å². The summed E-state index contributed by atoms with van der Waals surface area (Å²) in [4.78, 5) is 26.2. The Kier molecular flexibility index (Phi) is 5.74. The third kappa shape index (κ3) is 4.45. The molecule has 2 aromatic rings. The smallest absolute Gasteiger partial charge is 0.251 e. The van der Waals surface area contributed by atoms with Gasteiger partial charge in [-0.2, -0.15) is 0 Å². The molecule has 6 heteroatoms. The molecule has 0 radical (unpaired) electrons. The van der Waals surface area contributed by atoms with Crippen LogP contribution in [0.5, 0.6) is 5.75 Å². The first-order chi connectivity index (χ1) is 13.0. The Morgan fingerprint density at radius 2 is 2.11 bits per heavy atom. The van der Waals surface area contributed by atoms with E-state index in [0.717, 1.165) is 18.5 Å². The van der Waals surface area contributed by atoms with E-state index in [1.807, 2.05) is 12.1 Å². The van der Waals surface area contributed by atoms with E-state index in [1.165, 1.54) is 13.2 Å². The zero-order chi connectivity index (χ0) is 19.4. The van der Waals surface area contributed by atoms with E-state index in [1.54, 1.807) is 36.1 Å². The van der Waals surface area contributed by atoms with Gasteiger partial charge in [0.15, 0.2) is 11.6 Å². The zero-order valence-electron chi connectivity index (χ0n) is 15.5. The van der Waals surface area contributed by atoms with Crippen LogP contribution in [0, 0.1) is 5.82 Å². The van der Waals surface area contributed by atoms with Crippen molar-refractivity contribution in [3.8, 4) is 5.75 Å². The summed E-state index contributed by atoms with van der Waals surface area (Å²) in [5.74, 6) is -0.386. The summed E-state index contributed by atoms with van der Waals surface area (Å²) < 4.78 is 18.8. The molecular formula is C21H23FN2O3. The third-order valence-corrected chi connectivity index (χ3v) is 4.76. The summed E-state index contributed by atoms with van der Waals surface area (Å²) in [6, 6.07) is 11.5. The second-order valence-corrected chi connectivity index (χ2v) is 6.71. The van der Waals surface area contributed by atoms with Gasteiger partial charge in [0.2, 0.25) is 5.91 Å². The molecule has 2 amide bonds. The maximum Gasteiger partial charge on any atom is 0.251 e. The molecule has 1 fully saturated rings. The second-order valence-electron chi connectivity index (χ2n) is 6.71. The molecule has 3 rings (SSSR count). The predicted octanol–water partition coefficient (Wildman–Crippen LogP) is 3.45. The fraction of sp³-hybridized carbons (Fsp3) is 0.333. The van der Waals surface area contributed by atoms with Crippen LogP contribution in [-0.2, 0) is 11.3 Å². The van der Waals surface area contributed by atoms with E-state index in [0.29, 0.717) is 24.1 Å². The molecule has 27 heavy (non-hydrogen) atoms. The van der Waals surface area contributed by atoms with Crippen LogP contribution in [0.4, 0.5) is 4.39 Å². The molecule has 0 aliphatic carbocycles. The summed E-state index contributed by atoms with van der Waals surface area (Å²) in [5.41, 5.74) is 2.08. The number of nitrogens with zero attached hydrogens (tertiary/aromatic N) is 1. The molecule has 2 aromatic carbocycles. The molecule has 1 atom stereocenters. The van der Waals surface area contributed by atoms with E-state index >= 15 is 0 Å². The first kappa shape index (κ1) is 18.9. The molecule has 0 bridgehead atoms. The van der Waals surface area contributed by atoms with Crippen LogP contribution in [0.3, 0.4) is 0 Å². The Balaban J connectivity index is 1.67. The second kappa shape index (κ2) is 8.20. The van der Waals surface area contributed by atoms with Crippen LogP contribution < -0.4 is 10.1 Å². The maximum atomic E-state index is 13.9. The first-order valence-corrected chi connectivity index (χ1v) is 8.99. The van der Waals surface area contributed by atoms with Crippen molar-refractivity contribution in [3.63, 3.8) is 0 Å². The number of likely N-dealkylation sites (tertiary alicyclic amines) is 1. The summed E-state index contributed by atoms with van der Waals surface area (Å²) >= 11 is 0. The number of halogens is 1. The quantitative estimate of drug-likeness (QED) is 0.847. The third-order valence-electron chi connectivity index (χ3n) is 4.76. The Morgan fingerprint density at radius 1 is 1.30 bits per heavy atom. The van der Waals surface area contributed by atoms with Gasteiger partial charge in [0.1, 0.15) is 0 Å². The standard InChI is InChI=1S/C21H23FN2O3/c1-14(16-8-9-19(27-2)18(22)12-16)23-21(26)17-6-3-5-15(11-17)13-24-10-4-7-20(24)25/h3,5-6,8-9,11-12,14H,4,7,10,13H2,1-2H3,(H,23,26)/t14-/m1/s1. The molecular weight excluding hydrogens is 347 g/mol. The van der Waals surface area contributed by atoms with Crippen molar-refractivity contribution in [2.24, 2.45) is 0 Å². The molecule has 1 heterocycles. The number of carbonyl (C=O) groups is 2. The minimum absolute atomic E-state index is 0.153. The highest BCUT2D eigenvalue weighted by atomic mass is 19.1. The molecule has 1 aliphatic rings. The molecule has 1 aliphatic heterocycles. The van der Waals surface area contributed by atoms with E-state index in [4.69, 9.17) is 4.74 Å². The highest BCUT2D eigenvalue weighted by molar-refractivity contribution is 5.94. The van der Waals surface area contributed by atoms with Crippen molar-refractivity contribution < 1.29 is 18.7 Å². The van der Waals surface area contributed by atoms with Crippen molar-refractivity contribution in [2.75, 3.05) is 13.7 Å². The van der Waals surface area contributed by atoms with Gasteiger partial charge in [0.25, 0.3) is 5.91 Å². The average Bonchev–Trinajstić information content (AvgIpc) is 3.06. The van der Waals surface area contributed by atoms with Crippen molar-refractivity contribution in [3.05, 3.63) is 65.0 Å². The van der Waals surface area contributed by atoms with E-state index < -0.39 is 5.82 Å². The fourth-order valence-electron chi connectivity index (χ4n) is 3.22. The number of amides is 2. The summed E-state index contributed by atoms with van der Waals surface area (Å²) in [6.45, 7) is 3.07. The number of carbonyl (C=O) groups excluding carboxylic acids is 2. The molecule has 1 saturated heterocycles. The van der Waals surface area contributed by atoms with Gasteiger partial charge in [-0.05, 0) is 48.7 Å². The molecule has 0 aromatic heterocycles. The van der Waals surface area contributed by atoms with Gasteiger partial charge in [0, 0.05) is 25.1 Å². The Hall–Kier alpha value is -2.89. The topological polar surface area (TPSA) is 58.6 Å². The summed E-state index contributed by atoms with van der Waals surface area (Å²) in [5, 5.41) is 2.88. The summed E-state index contributed by atoms with van der Waals surface area (Å²) in [7, 11) is 1.41. The molecule has 5 nitrogen and oxygen atoms in total. The van der Waals surface area contributed by atoms with Gasteiger partial charge < -0.3 is 15.0 Å². The number of methoxy groups -OCH3 is 1. The van der Waals surface area contributed by atoms with Gasteiger partial charge >= 0.3 is 0 Å². The highest BCUT2D eigenvalue weighted by Gasteiger charge is 2.20. The van der Waals surface area contributed by atoms with Crippen molar-refractivity contribution in [1.82, 2.24) is 10.2 Å². The van der Waals surface area contributed by atoms with Gasteiger partial charge in [-0.15, -0.1) is 0 Å². The SMILES string of the molecule is COc1ccc([C@@H](C)NC(=O)c2cccc(CN3CCCC3=O)c2)cc1F. The predicted molar refractivity (Wildman–Crippen MR) is 99.9 cm³/mol. The molecule has 142 valence electrons. The Labute approximate surface area is 158 Å². The van der Waals surface area contributed by atoms with Crippen LogP contribution in [0.25, 0.3) is 0 Å². The lowest BCUT2D eigenvalue weighted by molar-refractivity contribution is -0.128. The summed E-state index contributed by atoms with van der Waals surface area (Å²) in [6.07, 6.45) is 1.48. The normalized spacial score (nSPS) is 14.9. The first-order valence-electron chi connectivity index (χ1n) is 8.99. The van der Waals surface area contributed by atoms with Crippen molar-refractivity contribution in [2.45, 2.75) is 32.4 Å². The Morgan fingerprint density at radius 3 is 2.78 bits per heavy atom. The monoisotopic (exact) mass is 370 g/mol. The number of hydrogen-bond acceptors (Lipinski definition) is 3. The minimum Gasteiger partial charge on any atom is -0.494 e. The van der Waals surface area contributed by atoms with Gasteiger partial charge in [-0.1, -0.05) is 18.2 Å². The van der Waals surface area contributed by atoms with Crippen LogP contribution in [0.1, 0.15) is 47.3 Å². The number of ether oxygens (including phenoxy) is 1. The fourth-order valence-corrected chi connectivity index (χ4v) is 3.22. The lowest BCUT2D eigenvalue weighted by Gasteiger charge is -2.17. The van der Waals surface area contributed by atoms with E-state index in [2.05, 4.69) is 5.32 Å². The minimum atomic E-state index is -0.464. The lowest BCUT2D eigenvalue weighted by Crippen LogP contribution is -2.27. The average molecular weight is 370 g/mol. The maximum absolute atomic E-state index is 13.9. The number of benzene rings is 2. The van der Waals surface area contributed by atoms with Crippen LogP contribution in [0.15, 0.2) is 42.5 Å². The van der Waals surface area contributed by atoms with Gasteiger partial charge in [-0.25, -0.2) is 4.39 Å². The largest absolute Gasteiger partial charge is 0.494 e. The lowest BCUT2D eigenvalue weighted by atomic mass is 10.1. The highest BCUT2D eigenvalue weighted by Crippen LogP contribution is 2.22. The Bertz CT molecular complexity index is 853. The van der Waals surface area contributed by atoms with Crippen LogP contribution in [-0.4, -0.2) is 30.4 Å². The molecule has 1 N–H and O–H groups in total. The van der Waals surface area contributed by atoms with Gasteiger partial charge in [0.05, 0.1) is 13.2 Å². The number of nitrogens with one attached hydrogen (secondary N) is 1. The number of rotatable bonds is 6.